The van der Waals surface area contributed by atoms with Crippen LogP contribution < -0.4 is 10.2 Å². The summed E-state index contributed by atoms with van der Waals surface area (Å²) in [4.78, 5) is 15.2. The number of nitrogens with zero attached hydrogens (tertiary/aromatic N) is 1. The third-order valence-corrected chi connectivity index (χ3v) is 5.31. The summed E-state index contributed by atoms with van der Waals surface area (Å²) in [6.07, 6.45) is 2.01. The molecular formula is C24H21BrN2O. The molecule has 1 N–H and O–H groups in total. The Balaban J connectivity index is 1.75. The summed E-state index contributed by atoms with van der Waals surface area (Å²) in [6, 6.07) is 24.0. The van der Waals surface area contributed by atoms with Crippen molar-refractivity contribution >= 4 is 33.2 Å². The van der Waals surface area contributed by atoms with Crippen LogP contribution in [-0.2, 0) is 4.79 Å². The summed E-state index contributed by atoms with van der Waals surface area (Å²) in [6.45, 7) is 4.08. The zero-order valence-electron chi connectivity index (χ0n) is 15.8. The minimum absolute atomic E-state index is 0.0305. The van der Waals surface area contributed by atoms with Crippen molar-refractivity contribution in [3.05, 3.63) is 106 Å². The van der Waals surface area contributed by atoms with Gasteiger partial charge in [-0.25, -0.2) is 0 Å². The number of aryl methyl sites for hydroxylation is 2. The Bertz CT molecular complexity index is 1070. The first kappa shape index (κ1) is 18.5. The fourth-order valence-electron chi connectivity index (χ4n) is 3.52. The van der Waals surface area contributed by atoms with Crippen molar-refractivity contribution in [1.82, 2.24) is 0 Å². The first-order valence-corrected chi connectivity index (χ1v) is 10.0. The summed E-state index contributed by atoms with van der Waals surface area (Å²) in [5, 5.41) is 3.32. The van der Waals surface area contributed by atoms with Gasteiger partial charge in [0, 0.05) is 15.8 Å². The lowest BCUT2D eigenvalue weighted by atomic mass is 10.1. The van der Waals surface area contributed by atoms with E-state index in [1.165, 1.54) is 0 Å². The quantitative estimate of drug-likeness (QED) is 0.535. The molecule has 3 aromatic carbocycles. The largest absolute Gasteiger partial charge is 0.351 e. The number of carbonyl (C=O) groups excluding carboxylic acids is 1. The number of halogens is 1. The minimum Gasteiger partial charge on any atom is -0.351 e. The fourth-order valence-corrected chi connectivity index (χ4v) is 3.94. The molecule has 28 heavy (non-hydrogen) atoms. The number of hydrogen-bond donors (Lipinski definition) is 1. The van der Waals surface area contributed by atoms with E-state index < -0.39 is 0 Å². The smallest absolute Gasteiger partial charge is 0.275 e. The monoisotopic (exact) mass is 432 g/mol. The maximum atomic E-state index is 13.4. The second kappa shape index (κ2) is 7.64. The van der Waals surface area contributed by atoms with E-state index in [9.17, 15) is 4.79 Å². The van der Waals surface area contributed by atoms with E-state index in [-0.39, 0.29) is 11.9 Å². The highest BCUT2D eigenvalue weighted by molar-refractivity contribution is 9.10. The average Bonchev–Trinajstić information content (AvgIpc) is 2.98. The van der Waals surface area contributed by atoms with Crippen molar-refractivity contribution < 1.29 is 4.79 Å². The van der Waals surface area contributed by atoms with Crippen LogP contribution in [0.1, 0.15) is 22.7 Å². The number of anilines is 2. The number of hydrogen-bond acceptors (Lipinski definition) is 2. The van der Waals surface area contributed by atoms with E-state index in [1.807, 2.05) is 85.5 Å². The lowest BCUT2D eigenvalue weighted by Gasteiger charge is -2.25. The normalized spacial score (nSPS) is 16.2. The molecule has 0 aromatic heterocycles. The van der Waals surface area contributed by atoms with Crippen LogP contribution in [0, 0.1) is 13.8 Å². The van der Waals surface area contributed by atoms with E-state index in [0.717, 1.165) is 32.5 Å². The molecule has 0 radical (unpaired) electrons. The first-order chi connectivity index (χ1) is 13.5. The van der Waals surface area contributed by atoms with Crippen LogP contribution in [0.5, 0.6) is 0 Å². The number of benzene rings is 3. The first-order valence-electron chi connectivity index (χ1n) is 9.22. The van der Waals surface area contributed by atoms with Gasteiger partial charge in [-0.2, -0.15) is 0 Å². The predicted molar refractivity (Wildman–Crippen MR) is 118 cm³/mol. The Kier molecular flexibility index (Phi) is 5.05. The molecule has 0 fully saturated rings. The molecule has 1 aliphatic rings. The van der Waals surface area contributed by atoms with Gasteiger partial charge in [0.1, 0.15) is 5.70 Å². The third kappa shape index (κ3) is 3.73. The molecule has 1 heterocycles. The highest BCUT2D eigenvalue weighted by atomic mass is 79.9. The molecule has 3 aromatic rings. The molecule has 1 amide bonds. The van der Waals surface area contributed by atoms with Crippen molar-refractivity contribution in [2.24, 2.45) is 0 Å². The van der Waals surface area contributed by atoms with Crippen LogP contribution in [0.25, 0.3) is 0 Å². The molecule has 1 atom stereocenters. The van der Waals surface area contributed by atoms with E-state index in [0.29, 0.717) is 5.70 Å². The minimum atomic E-state index is -0.167. The Morgan fingerprint density at radius 1 is 0.893 bits per heavy atom. The summed E-state index contributed by atoms with van der Waals surface area (Å²) in [5.74, 6) is -0.0305. The molecule has 0 bridgehead atoms. The van der Waals surface area contributed by atoms with Gasteiger partial charge >= 0.3 is 0 Å². The summed E-state index contributed by atoms with van der Waals surface area (Å²) < 4.78 is 0.995. The summed E-state index contributed by atoms with van der Waals surface area (Å²) >= 11 is 3.55. The summed E-state index contributed by atoms with van der Waals surface area (Å²) in [7, 11) is 0. The molecule has 0 spiro atoms. The van der Waals surface area contributed by atoms with Gasteiger partial charge in [-0.05, 0) is 73.0 Å². The lowest BCUT2D eigenvalue weighted by molar-refractivity contribution is -0.114. The van der Waals surface area contributed by atoms with Crippen molar-refractivity contribution in [3.8, 4) is 0 Å². The molecule has 0 unspecified atom stereocenters. The van der Waals surface area contributed by atoms with E-state index in [2.05, 4.69) is 33.4 Å². The Labute approximate surface area is 173 Å². The maximum absolute atomic E-state index is 13.4. The van der Waals surface area contributed by atoms with Gasteiger partial charge < -0.3 is 5.32 Å². The van der Waals surface area contributed by atoms with Gasteiger partial charge in [0.2, 0.25) is 0 Å². The lowest BCUT2D eigenvalue weighted by Crippen LogP contribution is -2.30. The Hall–Kier alpha value is -2.85. The number of carbonyl (C=O) groups is 1. The molecule has 0 saturated heterocycles. The predicted octanol–water partition coefficient (Wildman–Crippen LogP) is 6.15. The van der Waals surface area contributed by atoms with Crippen LogP contribution >= 0.6 is 15.9 Å². The van der Waals surface area contributed by atoms with Gasteiger partial charge in [-0.15, -0.1) is 0 Å². The molecule has 3 nitrogen and oxygen atoms in total. The molecule has 140 valence electrons. The van der Waals surface area contributed by atoms with Crippen molar-refractivity contribution in [2.75, 3.05) is 10.2 Å². The highest BCUT2D eigenvalue weighted by Gasteiger charge is 2.34. The standard InChI is InChI=1S/C24H21BrN2O/c1-16-6-3-10-20(12-16)26-22-15-23(18-8-5-9-19(25)14-18)27(24(22)28)21-11-4-7-17(2)13-21/h3-15,23,26H,1-2H3/t23-/m1/s1. The SMILES string of the molecule is Cc1cccc(NC2=C[C@H](c3cccc(Br)c3)N(c3cccc(C)c3)C2=O)c1. The van der Waals surface area contributed by atoms with Crippen LogP contribution in [0.4, 0.5) is 11.4 Å². The average molecular weight is 433 g/mol. The van der Waals surface area contributed by atoms with Crippen LogP contribution in [0.2, 0.25) is 0 Å². The molecular weight excluding hydrogens is 412 g/mol. The molecule has 1 aliphatic heterocycles. The van der Waals surface area contributed by atoms with Crippen LogP contribution in [0.15, 0.2) is 89.0 Å². The third-order valence-electron chi connectivity index (χ3n) is 4.82. The van der Waals surface area contributed by atoms with E-state index >= 15 is 0 Å². The van der Waals surface area contributed by atoms with Crippen molar-refractivity contribution in [1.29, 1.82) is 0 Å². The van der Waals surface area contributed by atoms with E-state index in [4.69, 9.17) is 0 Å². The number of rotatable bonds is 4. The van der Waals surface area contributed by atoms with Crippen LogP contribution in [-0.4, -0.2) is 5.91 Å². The molecule has 4 heteroatoms. The maximum Gasteiger partial charge on any atom is 0.275 e. The Morgan fingerprint density at radius 2 is 1.61 bits per heavy atom. The second-order valence-corrected chi connectivity index (χ2v) is 8.00. The van der Waals surface area contributed by atoms with Crippen molar-refractivity contribution in [3.63, 3.8) is 0 Å². The molecule has 0 aliphatic carbocycles. The van der Waals surface area contributed by atoms with Gasteiger partial charge in [0.05, 0.1) is 6.04 Å². The van der Waals surface area contributed by atoms with Gasteiger partial charge in [-0.1, -0.05) is 52.3 Å². The molecule has 0 saturated carbocycles. The van der Waals surface area contributed by atoms with Gasteiger partial charge in [-0.3, -0.25) is 9.69 Å². The summed E-state index contributed by atoms with van der Waals surface area (Å²) in [5.41, 5.74) is 5.74. The van der Waals surface area contributed by atoms with Crippen molar-refractivity contribution in [2.45, 2.75) is 19.9 Å². The zero-order chi connectivity index (χ0) is 19.7. The number of amides is 1. The van der Waals surface area contributed by atoms with Crippen LogP contribution in [0.3, 0.4) is 0 Å². The topological polar surface area (TPSA) is 32.3 Å². The molecule has 4 rings (SSSR count). The van der Waals surface area contributed by atoms with Gasteiger partial charge in [0.25, 0.3) is 5.91 Å². The second-order valence-electron chi connectivity index (χ2n) is 7.09. The number of nitrogens with one attached hydrogen (secondary N) is 1. The Morgan fingerprint density at radius 3 is 2.32 bits per heavy atom. The fraction of sp³-hybridized carbons (Fsp3) is 0.125. The zero-order valence-corrected chi connectivity index (χ0v) is 17.4. The van der Waals surface area contributed by atoms with E-state index in [1.54, 1.807) is 0 Å². The highest BCUT2D eigenvalue weighted by Crippen LogP contribution is 2.37. The van der Waals surface area contributed by atoms with Gasteiger partial charge in [0.15, 0.2) is 0 Å².